The Morgan fingerprint density at radius 1 is 1.38 bits per heavy atom. The van der Waals surface area contributed by atoms with Crippen molar-refractivity contribution < 1.29 is 19.1 Å². The van der Waals surface area contributed by atoms with Crippen molar-refractivity contribution in [1.82, 2.24) is 10.6 Å². The second-order valence-corrected chi connectivity index (χ2v) is 5.75. The van der Waals surface area contributed by atoms with E-state index in [9.17, 15) is 9.59 Å². The first-order chi connectivity index (χ1) is 10.0. The minimum absolute atomic E-state index is 0.0322. The molecule has 0 spiro atoms. The van der Waals surface area contributed by atoms with E-state index in [-0.39, 0.29) is 18.5 Å². The summed E-state index contributed by atoms with van der Waals surface area (Å²) in [5.41, 5.74) is -0.628. The van der Waals surface area contributed by atoms with E-state index in [2.05, 4.69) is 10.6 Å². The molecule has 0 aliphatic heterocycles. The van der Waals surface area contributed by atoms with Gasteiger partial charge in [-0.25, -0.2) is 4.79 Å². The summed E-state index contributed by atoms with van der Waals surface area (Å²) in [5, 5.41) is 14.8. The molecule has 1 unspecified atom stereocenters. The lowest BCUT2D eigenvalue weighted by Crippen LogP contribution is -2.54. The van der Waals surface area contributed by atoms with Crippen molar-refractivity contribution in [2.45, 2.75) is 57.0 Å². The number of carbonyl (C=O) groups is 2. The van der Waals surface area contributed by atoms with Crippen LogP contribution in [0.3, 0.4) is 0 Å². The van der Waals surface area contributed by atoms with Gasteiger partial charge in [-0.15, -0.1) is 0 Å². The second kappa shape index (κ2) is 6.65. The van der Waals surface area contributed by atoms with E-state index < -0.39 is 11.5 Å². The number of carboxylic acid groups (broad SMARTS) is 1. The van der Waals surface area contributed by atoms with Crippen molar-refractivity contribution in [3.05, 3.63) is 24.2 Å². The molecule has 116 valence electrons. The standard InChI is InChI=1S/C15H22N2O4/c1-11(12-6-5-9-21-12)16-14(20)17-15(10-13(18)19)7-3-2-4-8-15/h5-6,9,11H,2-4,7-8,10H2,1H3,(H,18,19)(H2,16,17,20). The monoisotopic (exact) mass is 294 g/mol. The van der Waals surface area contributed by atoms with Crippen LogP contribution in [0.5, 0.6) is 0 Å². The molecule has 1 atom stereocenters. The fourth-order valence-electron chi connectivity index (χ4n) is 2.95. The number of carbonyl (C=O) groups excluding carboxylic acids is 1. The van der Waals surface area contributed by atoms with Gasteiger partial charge in [0, 0.05) is 0 Å². The van der Waals surface area contributed by atoms with E-state index in [0.29, 0.717) is 18.6 Å². The molecule has 1 aromatic rings. The fourth-order valence-corrected chi connectivity index (χ4v) is 2.95. The SMILES string of the molecule is CC(NC(=O)NC1(CC(=O)O)CCCCC1)c1ccco1. The van der Waals surface area contributed by atoms with E-state index in [1.165, 1.54) is 0 Å². The highest BCUT2D eigenvalue weighted by Crippen LogP contribution is 2.31. The smallest absolute Gasteiger partial charge is 0.315 e. The van der Waals surface area contributed by atoms with Gasteiger partial charge in [0.1, 0.15) is 5.76 Å². The second-order valence-electron chi connectivity index (χ2n) is 5.75. The molecule has 0 saturated heterocycles. The lowest BCUT2D eigenvalue weighted by Gasteiger charge is -2.37. The maximum absolute atomic E-state index is 12.1. The van der Waals surface area contributed by atoms with Gasteiger partial charge < -0.3 is 20.2 Å². The molecule has 0 bridgehead atoms. The zero-order valence-electron chi connectivity index (χ0n) is 12.2. The van der Waals surface area contributed by atoms with E-state index in [1.54, 1.807) is 18.4 Å². The van der Waals surface area contributed by atoms with Crippen LogP contribution in [0, 0.1) is 0 Å². The molecule has 1 saturated carbocycles. The van der Waals surface area contributed by atoms with Gasteiger partial charge in [-0.2, -0.15) is 0 Å². The Balaban J connectivity index is 1.96. The Kier molecular flexibility index (Phi) is 4.88. The molecule has 1 aromatic heterocycles. The number of nitrogens with one attached hydrogen (secondary N) is 2. The quantitative estimate of drug-likeness (QED) is 0.778. The van der Waals surface area contributed by atoms with Gasteiger partial charge in [-0.05, 0) is 31.9 Å². The average molecular weight is 294 g/mol. The average Bonchev–Trinajstić information content (AvgIpc) is 2.92. The lowest BCUT2D eigenvalue weighted by atomic mass is 9.79. The van der Waals surface area contributed by atoms with Gasteiger partial charge in [0.2, 0.25) is 0 Å². The van der Waals surface area contributed by atoms with Crippen molar-refractivity contribution >= 4 is 12.0 Å². The third kappa shape index (κ3) is 4.24. The van der Waals surface area contributed by atoms with E-state index >= 15 is 0 Å². The van der Waals surface area contributed by atoms with Gasteiger partial charge in [0.05, 0.1) is 24.3 Å². The Morgan fingerprint density at radius 3 is 2.67 bits per heavy atom. The summed E-state index contributed by atoms with van der Waals surface area (Å²) < 4.78 is 5.24. The normalized spacial score (nSPS) is 18.7. The molecule has 6 heteroatoms. The minimum Gasteiger partial charge on any atom is -0.481 e. The summed E-state index contributed by atoms with van der Waals surface area (Å²) in [7, 11) is 0. The van der Waals surface area contributed by atoms with Crippen molar-refractivity contribution in [3.63, 3.8) is 0 Å². The van der Waals surface area contributed by atoms with Crippen molar-refractivity contribution in [2.24, 2.45) is 0 Å². The number of carboxylic acids is 1. The van der Waals surface area contributed by atoms with Crippen LogP contribution < -0.4 is 10.6 Å². The summed E-state index contributed by atoms with van der Waals surface area (Å²) in [6, 6.07) is 2.95. The molecule has 21 heavy (non-hydrogen) atoms. The van der Waals surface area contributed by atoms with Crippen LogP contribution in [0.1, 0.15) is 57.3 Å². The molecule has 0 radical (unpaired) electrons. The van der Waals surface area contributed by atoms with Crippen LogP contribution in [0.2, 0.25) is 0 Å². The topological polar surface area (TPSA) is 91.6 Å². The molecule has 2 amide bonds. The molecule has 3 N–H and O–H groups in total. The summed E-state index contributed by atoms with van der Waals surface area (Å²) in [5.74, 6) is -0.211. The Bertz CT molecular complexity index is 478. The van der Waals surface area contributed by atoms with E-state index in [4.69, 9.17) is 9.52 Å². The fraction of sp³-hybridized carbons (Fsp3) is 0.600. The van der Waals surface area contributed by atoms with E-state index in [1.807, 2.05) is 6.92 Å². The number of hydrogen-bond donors (Lipinski definition) is 3. The molecule has 1 fully saturated rings. The van der Waals surface area contributed by atoms with Gasteiger partial charge >= 0.3 is 12.0 Å². The highest BCUT2D eigenvalue weighted by atomic mass is 16.4. The Morgan fingerprint density at radius 2 is 2.10 bits per heavy atom. The zero-order chi connectivity index (χ0) is 15.3. The van der Waals surface area contributed by atoms with Crippen molar-refractivity contribution in [1.29, 1.82) is 0 Å². The first-order valence-corrected chi connectivity index (χ1v) is 7.35. The maximum Gasteiger partial charge on any atom is 0.315 e. The van der Waals surface area contributed by atoms with Crippen molar-refractivity contribution in [2.75, 3.05) is 0 Å². The first-order valence-electron chi connectivity index (χ1n) is 7.35. The molecule has 0 aromatic carbocycles. The van der Waals surface area contributed by atoms with Gasteiger partial charge in [0.25, 0.3) is 0 Å². The molecule has 2 rings (SSSR count). The Hall–Kier alpha value is -1.98. The molecular formula is C15H22N2O4. The van der Waals surface area contributed by atoms with Crippen LogP contribution >= 0.6 is 0 Å². The van der Waals surface area contributed by atoms with Gasteiger partial charge in [0.15, 0.2) is 0 Å². The largest absolute Gasteiger partial charge is 0.481 e. The number of furan rings is 1. The number of urea groups is 1. The predicted molar refractivity (Wildman–Crippen MR) is 76.9 cm³/mol. The van der Waals surface area contributed by atoms with Crippen molar-refractivity contribution in [3.8, 4) is 0 Å². The first kappa shape index (κ1) is 15.4. The molecular weight excluding hydrogens is 272 g/mol. The van der Waals surface area contributed by atoms with Crippen LogP contribution in [0.25, 0.3) is 0 Å². The lowest BCUT2D eigenvalue weighted by molar-refractivity contribution is -0.139. The van der Waals surface area contributed by atoms with Crippen LogP contribution in [-0.2, 0) is 4.79 Å². The highest BCUT2D eigenvalue weighted by molar-refractivity contribution is 5.77. The molecule has 6 nitrogen and oxygen atoms in total. The maximum atomic E-state index is 12.1. The van der Waals surface area contributed by atoms with Crippen LogP contribution in [0.15, 0.2) is 22.8 Å². The highest BCUT2D eigenvalue weighted by Gasteiger charge is 2.36. The van der Waals surface area contributed by atoms with Crippen LogP contribution in [-0.4, -0.2) is 22.6 Å². The number of aliphatic carboxylic acids is 1. The summed E-state index contributed by atoms with van der Waals surface area (Å²) in [4.78, 5) is 23.2. The van der Waals surface area contributed by atoms with Gasteiger partial charge in [-0.3, -0.25) is 4.79 Å². The van der Waals surface area contributed by atoms with E-state index in [0.717, 1.165) is 19.3 Å². The number of rotatable bonds is 5. The minimum atomic E-state index is -0.878. The predicted octanol–water partition coefficient (Wildman–Crippen LogP) is 2.82. The molecule has 1 aliphatic rings. The third-order valence-corrected chi connectivity index (χ3v) is 4.00. The van der Waals surface area contributed by atoms with Crippen LogP contribution in [0.4, 0.5) is 4.79 Å². The van der Waals surface area contributed by atoms with Gasteiger partial charge in [-0.1, -0.05) is 19.3 Å². The summed E-state index contributed by atoms with van der Waals surface area (Å²) >= 11 is 0. The number of hydrogen-bond acceptors (Lipinski definition) is 3. The Labute approximate surface area is 123 Å². The molecule has 1 heterocycles. The third-order valence-electron chi connectivity index (χ3n) is 4.00. The molecule has 1 aliphatic carbocycles. The summed E-state index contributed by atoms with van der Waals surface area (Å²) in [6.45, 7) is 1.82. The summed E-state index contributed by atoms with van der Waals surface area (Å²) in [6.07, 6.45) is 5.92. The zero-order valence-corrected chi connectivity index (χ0v) is 12.2. The number of amides is 2.